The number of carbonyl (C=O) groups excluding carboxylic acids is 1. The summed E-state index contributed by atoms with van der Waals surface area (Å²) in [4.78, 5) is 16.2. The number of nitrogens with one attached hydrogen (secondary N) is 1. The number of thiazole rings is 1. The number of carbonyl (C=O) groups is 1. The SMILES string of the molecule is Cc1csc(CCNC(=O)c2ccc(CN)cc2)n1. The summed E-state index contributed by atoms with van der Waals surface area (Å²) in [6, 6.07) is 7.34. The topological polar surface area (TPSA) is 68.0 Å². The van der Waals surface area contributed by atoms with Gasteiger partial charge in [-0.25, -0.2) is 4.98 Å². The Bertz CT molecular complexity index is 548. The third-order valence-corrected chi connectivity index (χ3v) is 3.77. The third-order valence-electron chi connectivity index (χ3n) is 2.74. The van der Waals surface area contributed by atoms with Crippen LogP contribution in [0.5, 0.6) is 0 Å². The van der Waals surface area contributed by atoms with Crippen molar-refractivity contribution in [3.63, 3.8) is 0 Å². The number of benzene rings is 1. The fourth-order valence-electron chi connectivity index (χ4n) is 1.69. The minimum absolute atomic E-state index is 0.0585. The second-order valence-corrected chi connectivity index (χ2v) is 5.23. The molecule has 19 heavy (non-hydrogen) atoms. The molecule has 0 fully saturated rings. The molecule has 4 nitrogen and oxygen atoms in total. The normalized spacial score (nSPS) is 10.4. The van der Waals surface area contributed by atoms with E-state index < -0.39 is 0 Å². The number of hydrogen-bond donors (Lipinski definition) is 2. The smallest absolute Gasteiger partial charge is 0.251 e. The lowest BCUT2D eigenvalue weighted by molar-refractivity contribution is 0.0954. The average molecular weight is 275 g/mol. The van der Waals surface area contributed by atoms with Crippen molar-refractivity contribution in [2.24, 2.45) is 5.73 Å². The highest BCUT2D eigenvalue weighted by Gasteiger charge is 2.05. The molecule has 0 spiro atoms. The molecule has 2 rings (SSSR count). The zero-order chi connectivity index (χ0) is 13.7. The number of hydrogen-bond acceptors (Lipinski definition) is 4. The van der Waals surface area contributed by atoms with Gasteiger partial charge in [-0.1, -0.05) is 12.1 Å². The third kappa shape index (κ3) is 3.87. The number of rotatable bonds is 5. The van der Waals surface area contributed by atoms with E-state index in [2.05, 4.69) is 10.3 Å². The molecule has 0 saturated heterocycles. The Morgan fingerprint density at radius 3 is 2.68 bits per heavy atom. The Morgan fingerprint density at radius 1 is 1.37 bits per heavy atom. The molecule has 3 N–H and O–H groups in total. The van der Waals surface area contributed by atoms with Crippen LogP contribution in [-0.4, -0.2) is 17.4 Å². The molecule has 5 heteroatoms. The van der Waals surface area contributed by atoms with Crippen LogP contribution in [0.15, 0.2) is 29.6 Å². The molecule has 0 radical (unpaired) electrons. The van der Waals surface area contributed by atoms with E-state index in [4.69, 9.17) is 5.73 Å². The minimum atomic E-state index is -0.0585. The van der Waals surface area contributed by atoms with E-state index in [0.717, 1.165) is 22.7 Å². The summed E-state index contributed by atoms with van der Waals surface area (Å²) in [6.45, 7) is 3.06. The van der Waals surface area contributed by atoms with Gasteiger partial charge in [0.1, 0.15) is 0 Å². The van der Waals surface area contributed by atoms with Crippen molar-refractivity contribution in [1.82, 2.24) is 10.3 Å². The number of nitrogens with zero attached hydrogens (tertiary/aromatic N) is 1. The molecule has 0 atom stereocenters. The van der Waals surface area contributed by atoms with Crippen LogP contribution in [0.4, 0.5) is 0 Å². The van der Waals surface area contributed by atoms with Gasteiger partial charge in [0, 0.05) is 36.1 Å². The predicted molar refractivity (Wildman–Crippen MR) is 77.2 cm³/mol. The number of aromatic nitrogens is 1. The molecule has 0 bridgehead atoms. The summed E-state index contributed by atoms with van der Waals surface area (Å²) in [7, 11) is 0. The lowest BCUT2D eigenvalue weighted by atomic mass is 10.1. The number of aryl methyl sites for hydroxylation is 1. The summed E-state index contributed by atoms with van der Waals surface area (Å²) in [5.41, 5.74) is 8.23. The monoisotopic (exact) mass is 275 g/mol. The first-order chi connectivity index (χ1) is 9.19. The molecule has 0 aliphatic rings. The van der Waals surface area contributed by atoms with Gasteiger partial charge in [0.05, 0.1) is 5.01 Å². The lowest BCUT2D eigenvalue weighted by Gasteiger charge is -2.04. The molecule has 100 valence electrons. The van der Waals surface area contributed by atoms with E-state index in [0.29, 0.717) is 18.7 Å². The summed E-state index contributed by atoms with van der Waals surface area (Å²) in [5.74, 6) is -0.0585. The first kappa shape index (κ1) is 13.7. The number of amides is 1. The van der Waals surface area contributed by atoms with Crippen molar-refractivity contribution in [1.29, 1.82) is 0 Å². The van der Waals surface area contributed by atoms with Crippen molar-refractivity contribution in [2.75, 3.05) is 6.54 Å². The van der Waals surface area contributed by atoms with Crippen LogP contribution in [0.1, 0.15) is 26.6 Å². The maximum Gasteiger partial charge on any atom is 0.251 e. The largest absolute Gasteiger partial charge is 0.352 e. The molecule has 1 amide bonds. The van der Waals surface area contributed by atoms with E-state index in [1.54, 1.807) is 23.5 Å². The van der Waals surface area contributed by atoms with Crippen LogP contribution in [0.2, 0.25) is 0 Å². The van der Waals surface area contributed by atoms with E-state index in [9.17, 15) is 4.79 Å². The highest BCUT2D eigenvalue weighted by atomic mass is 32.1. The van der Waals surface area contributed by atoms with E-state index in [1.165, 1.54) is 0 Å². The molecule has 0 aliphatic heterocycles. The van der Waals surface area contributed by atoms with Gasteiger partial charge in [0.25, 0.3) is 5.91 Å². The van der Waals surface area contributed by atoms with Gasteiger partial charge in [-0.2, -0.15) is 0 Å². The van der Waals surface area contributed by atoms with Crippen molar-refractivity contribution in [2.45, 2.75) is 19.9 Å². The first-order valence-corrected chi connectivity index (χ1v) is 7.05. The van der Waals surface area contributed by atoms with Gasteiger partial charge < -0.3 is 11.1 Å². The summed E-state index contributed by atoms with van der Waals surface area (Å²) < 4.78 is 0. The molecule has 1 aromatic carbocycles. The maximum atomic E-state index is 11.9. The standard InChI is InChI=1S/C14H17N3OS/c1-10-9-19-13(17-10)6-7-16-14(18)12-4-2-11(8-15)3-5-12/h2-5,9H,6-8,15H2,1H3,(H,16,18). The zero-order valence-corrected chi connectivity index (χ0v) is 11.7. The van der Waals surface area contributed by atoms with Gasteiger partial charge in [-0.15, -0.1) is 11.3 Å². The highest BCUT2D eigenvalue weighted by Crippen LogP contribution is 2.09. The Hall–Kier alpha value is -1.72. The molecule has 0 aliphatic carbocycles. The molecule has 2 aromatic rings. The van der Waals surface area contributed by atoms with Crippen LogP contribution < -0.4 is 11.1 Å². The highest BCUT2D eigenvalue weighted by molar-refractivity contribution is 7.09. The van der Waals surface area contributed by atoms with Crippen LogP contribution in [0.3, 0.4) is 0 Å². The summed E-state index contributed by atoms with van der Waals surface area (Å²) in [5, 5.41) is 5.96. The maximum absolute atomic E-state index is 11.9. The molecular formula is C14H17N3OS. The van der Waals surface area contributed by atoms with Gasteiger partial charge in [0.2, 0.25) is 0 Å². The molecule has 1 heterocycles. The molecule has 0 unspecified atom stereocenters. The Morgan fingerprint density at radius 2 is 2.11 bits per heavy atom. The molecule has 1 aromatic heterocycles. The van der Waals surface area contributed by atoms with Crippen LogP contribution in [-0.2, 0) is 13.0 Å². The molecular weight excluding hydrogens is 258 g/mol. The fourth-order valence-corrected chi connectivity index (χ4v) is 2.47. The van der Waals surface area contributed by atoms with Gasteiger partial charge in [0.15, 0.2) is 0 Å². The Labute approximate surface area is 116 Å². The quantitative estimate of drug-likeness (QED) is 0.875. The van der Waals surface area contributed by atoms with Crippen molar-refractivity contribution in [3.05, 3.63) is 51.5 Å². The first-order valence-electron chi connectivity index (χ1n) is 6.17. The second kappa shape index (κ2) is 6.45. The van der Waals surface area contributed by atoms with E-state index in [-0.39, 0.29) is 5.91 Å². The van der Waals surface area contributed by atoms with Crippen molar-refractivity contribution in [3.8, 4) is 0 Å². The number of nitrogens with two attached hydrogens (primary N) is 1. The van der Waals surface area contributed by atoms with E-state index in [1.807, 2.05) is 24.4 Å². The predicted octanol–water partition coefficient (Wildman–Crippen LogP) is 1.88. The molecule has 0 saturated carbocycles. The van der Waals surface area contributed by atoms with Gasteiger partial charge in [-0.3, -0.25) is 4.79 Å². The fraction of sp³-hybridized carbons (Fsp3) is 0.286. The van der Waals surface area contributed by atoms with Crippen LogP contribution in [0.25, 0.3) is 0 Å². The van der Waals surface area contributed by atoms with E-state index >= 15 is 0 Å². The Kier molecular flexibility index (Phi) is 4.65. The average Bonchev–Trinajstić information content (AvgIpc) is 2.84. The lowest BCUT2D eigenvalue weighted by Crippen LogP contribution is -2.25. The summed E-state index contributed by atoms with van der Waals surface area (Å²) in [6.07, 6.45) is 0.769. The Balaban J connectivity index is 1.83. The van der Waals surface area contributed by atoms with Crippen molar-refractivity contribution < 1.29 is 4.79 Å². The van der Waals surface area contributed by atoms with Crippen molar-refractivity contribution >= 4 is 17.2 Å². The van der Waals surface area contributed by atoms with Crippen LogP contribution >= 0.6 is 11.3 Å². The summed E-state index contributed by atoms with van der Waals surface area (Å²) >= 11 is 1.63. The zero-order valence-electron chi connectivity index (χ0n) is 10.8. The second-order valence-electron chi connectivity index (χ2n) is 4.29. The minimum Gasteiger partial charge on any atom is -0.352 e. The van der Waals surface area contributed by atoms with Gasteiger partial charge in [-0.05, 0) is 24.6 Å². The van der Waals surface area contributed by atoms with Crippen LogP contribution in [0, 0.1) is 6.92 Å². The van der Waals surface area contributed by atoms with Gasteiger partial charge >= 0.3 is 0 Å².